The van der Waals surface area contributed by atoms with Crippen LogP contribution in [0.4, 0.5) is 0 Å². The number of H-pyrrole nitrogens is 1. The van der Waals surface area contributed by atoms with Gasteiger partial charge in [0, 0.05) is 13.1 Å². The van der Waals surface area contributed by atoms with E-state index in [4.69, 9.17) is 4.42 Å². The van der Waals surface area contributed by atoms with Gasteiger partial charge in [-0.3, -0.25) is 10.1 Å². The zero-order chi connectivity index (χ0) is 17.0. The van der Waals surface area contributed by atoms with Crippen molar-refractivity contribution in [3.05, 3.63) is 24.2 Å². The van der Waals surface area contributed by atoms with Gasteiger partial charge in [-0.1, -0.05) is 13.8 Å². The molecule has 7 nitrogen and oxygen atoms in total. The first-order valence-electron chi connectivity index (χ1n) is 8.48. The van der Waals surface area contributed by atoms with E-state index in [1.54, 1.807) is 13.3 Å². The summed E-state index contributed by atoms with van der Waals surface area (Å²) in [6.45, 7) is 5.22. The Labute approximate surface area is 165 Å². The summed E-state index contributed by atoms with van der Waals surface area (Å²) < 4.78 is 5.30. The number of rotatable bonds is 4. The molecule has 1 aliphatic carbocycles. The van der Waals surface area contributed by atoms with E-state index in [-0.39, 0.29) is 24.0 Å². The number of hydrogen-bond donors (Lipinski definition) is 3. The van der Waals surface area contributed by atoms with Crippen LogP contribution in [0.3, 0.4) is 0 Å². The molecule has 1 saturated carbocycles. The quantitative estimate of drug-likeness (QED) is 0.372. The highest BCUT2D eigenvalue weighted by Gasteiger charge is 2.27. The molecule has 2 heterocycles. The molecule has 0 saturated heterocycles. The van der Waals surface area contributed by atoms with Crippen molar-refractivity contribution in [1.82, 2.24) is 25.8 Å². The minimum Gasteiger partial charge on any atom is -0.461 e. The minimum absolute atomic E-state index is 0. The van der Waals surface area contributed by atoms with Crippen LogP contribution in [-0.4, -0.2) is 34.2 Å². The minimum atomic E-state index is 0. The molecule has 2 aromatic heterocycles. The van der Waals surface area contributed by atoms with E-state index in [0.717, 1.165) is 11.8 Å². The van der Waals surface area contributed by atoms with Crippen molar-refractivity contribution in [2.24, 2.45) is 10.4 Å². The molecule has 0 bridgehead atoms. The lowest BCUT2D eigenvalue weighted by Crippen LogP contribution is -2.45. The number of furan rings is 1. The van der Waals surface area contributed by atoms with Crippen molar-refractivity contribution in [2.45, 2.75) is 52.1 Å². The number of guanidine groups is 1. The summed E-state index contributed by atoms with van der Waals surface area (Å²) >= 11 is 0. The predicted molar refractivity (Wildman–Crippen MR) is 109 cm³/mol. The number of aliphatic imine (C=N–C) groups is 1. The number of nitrogens with zero attached hydrogens (tertiary/aromatic N) is 3. The van der Waals surface area contributed by atoms with E-state index in [2.05, 4.69) is 44.7 Å². The summed E-state index contributed by atoms with van der Waals surface area (Å²) in [5, 5.41) is 13.9. The van der Waals surface area contributed by atoms with Crippen molar-refractivity contribution in [2.75, 3.05) is 7.05 Å². The second kappa shape index (κ2) is 8.68. The molecule has 138 valence electrons. The van der Waals surface area contributed by atoms with Crippen LogP contribution in [0.5, 0.6) is 0 Å². The van der Waals surface area contributed by atoms with E-state index in [1.807, 2.05) is 12.1 Å². The summed E-state index contributed by atoms with van der Waals surface area (Å²) in [7, 11) is 1.79. The Morgan fingerprint density at radius 2 is 2.16 bits per heavy atom. The molecule has 0 atom stereocenters. The Morgan fingerprint density at radius 3 is 2.80 bits per heavy atom. The number of aromatic amines is 1. The molecule has 3 N–H and O–H groups in total. The number of halogens is 1. The molecule has 1 aliphatic rings. The van der Waals surface area contributed by atoms with Crippen LogP contribution in [-0.2, 0) is 6.54 Å². The molecule has 8 heteroatoms. The summed E-state index contributed by atoms with van der Waals surface area (Å²) in [5.74, 6) is 2.77. The fourth-order valence-corrected chi connectivity index (χ4v) is 2.99. The van der Waals surface area contributed by atoms with E-state index in [0.29, 0.717) is 29.6 Å². The monoisotopic (exact) mass is 458 g/mol. The van der Waals surface area contributed by atoms with Crippen LogP contribution in [0.2, 0.25) is 0 Å². The standard InChI is InChI=1S/C17H26N6O.HI/c1-17(2)8-6-12(7-9-17)20-16(18-3)19-11-14-21-15(23-22-14)13-5-4-10-24-13;/h4-5,10,12H,6-9,11H2,1-3H3,(H2,18,19,20)(H,21,22,23);1H. The first-order chi connectivity index (χ1) is 11.6. The van der Waals surface area contributed by atoms with Gasteiger partial charge in [0.25, 0.3) is 0 Å². The number of aromatic nitrogens is 3. The number of hydrogen-bond acceptors (Lipinski definition) is 4. The molecule has 0 spiro atoms. The zero-order valence-corrected chi connectivity index (χ0v) is 17.3. The van der Waals surface area contributed by atoms with Gasteiger partial charge in [0.2, 0.25) is 5.82 Å². The highest BCUT2D eigenvalue weighted by atomic mass is 127. The van der Waals surface area contributed by atoms with Gasteiger partial charge in [-0.25, -0.2) is 4.98 Å². The second-order valence-electron chi connectivity index (χ2n) is 7.09. The normalized spacial score (nSPS) is 17.8. The summed E-state index contributed by atoms with van der Waals surface area (Å²) in [4.78, 5) is 8.72. The molecule has 3 rings (SSSR count). The molecule has 2 aromatic rings. The van der Waals surface area contributed by atoms with Crippen molar-refractivity contribution in [3.8, 4) is 11.6 Å². The highest BCUT2D eigenvalue weighted by molar-refractivity contribution is 14.0. The van der Waals surface area contributed by atoms with Crippen LogP contribution < -0.4 is 10.6 Å². The van der Waals surface area contributed by atoms with E-state index in [9.17, 15) is 0 Å². The molecule has 0 aliphatic heterocycles. The third-order valence-corrected chi connectivity index (χ3v) is 4.60. The first-order valence-corrected chi connectivity index (χ1v) is 8.48. The second-order valence-corrected chi connectivity index (χ2v) is 7.09. The molecule has 0 amide bonds. The fourth-order valence-electron chi connectivity index (χ4n) is 2.99. The maximum absolute atomic E-state index is 5.30. The topological polar surface area (TPSA) is 91.1 Å². The Balaban J connectivity index is 0.00000225. The van der Waals surface area contributed by atoms with Crippen molar-refractivity contribution < 1.29 is 4.42 Å². The third kappa shape index (κ3) is 5.45. The lowest BCUT2D eigenvalue weighted by atomic mass is 9.75. The Bertz CT molecular complexity index is 669. The third-order valence-electron chi connectivity index (χ3n) is 4.60. The van der Waals surface area contributed by atoms with Gasteiger partial charge in [-0.05, 0) is 43.2 Å². The van der Waals surface area contributed by atoms with Gasteiger partial charge in [0.1, 0.15) is 5.82 Å². The SMILES string of the molecule is CN=C(NCc1nc(-c2ccco2)n[nH]1)NC1CCC(C)(C)CC1.I. The number of nitrogens with one attached hydrogen (secondary N) is 3. The molecule has 0 aromatic carbocycles. The maximum atomic E-state index is 5.30. The molecule has 0 unspecified atom stereocenters. The molecular weight excluding hydrogens is 431 g/mol. The molecule has 25 heavy (non-hydrogen) atoms. The van der Waals surface area contributed by atoms with Crippen molar-refractivity contribution >= 4 is 29.9 Å². The van der Waals surface area contributed by atoms with Gasteiger partial charge in [0.15, 0.2) is 11.7 Å². The predicted octanol–water partition coefficient (Wildman–Crippen LogP) is 3.32. The largest absolute Gasteiger partial charge is 0.461 e. The van der Waals surface area contributed by atoms with Crippen LogP contribution in [0.1, 0.15) is 45.4 Å². The Kier molecular flexibility index (Phi) is 6.86. The van der Waals surface area contributed by atoms with Gasteiger partial charge >= 0.3 is 0 Å². The Hall–Kier alpha value is -1.58. The summed E-state index contributed by atoms with van der Waals surface area (Å²) in [5.41, 5.74) is 0.469. The zero-order valence-electron chi connectivity index (χ0n) is 15.0. The van der Waals surface area contributed by atoms with E-state index < -0.39 is 0 Å². The lowest BCUT2D eigenvalue weighted by molar-refractivity contribution is 0.216. The van der Waals surface area contributed by atoms with Crippen molar-refractivity contribution in [3.63, 3.8) is 0 Å². The maximum Gasteiger partial charge on any atom is 0.216 e. The van der Waals surface area contributed by atoms with Gasteiger partial charge in [-0.15, -0.1) is 29.1 Å². The molecule has 1 fully saturated rings. The smallest absolute Gasteiger partial charge is 0.216 e. The highest BCUT2D eigenvalue weighted by Crippen LogP contribution is 2.34. The first kappa shape index (κ1) is 19.7. The van der Waals surface area contributed by atoms with Gasteiger partial charge in [-0.2, -0.15) is 0 Å². The van der Waals surface area contributed by atoms with Crippen LogP contribution in [0.15, 0.2) is 27.8 Å². The van der Waals surface area contributed by atoms with E-state index in [1.165, 1.54) is 25.7 Å². The Morgan fingerprint density at radius 1 is 1.40 bits per heavy atom. The average molecular weight is 458 g/mol. The lowest BCUT2D eigenvalue weighted by Gasteiger charge is -2.35. The molecular formula is C17H27IN6O. The van der Waals surface area contributed by atoms with Crippen LogP contribution in [0.25, 0.3) is 11.6 Å². The summed E-state index contributed by atoms with van der Waals surface area (Å²) in [6.07, 6.45) is 6.46. The van der Waals surface area contributed by atoms with Gasteiger partial charge < -0.3 is 15.1 Å². The summed E-state index contributed by atoms with van der Waals surface area (Å²) in [6, 6.07) is 4.14. The fraction of sp³-hybridized carbons (Fsp3) is 0.588. The van der Waals surface area contributed by atoms with Crippen molar-refractivity contribution in [1.29, 1.82) is 0 Å². The van der Waals surface area contributed by atoms with E-state index >= 15 is 0 Å². The van der Waals surface area contributed by atoms with Crippen LogP contribution in [0, 0.1) is 5.41 Å². The van der Waals surface area contributed by atoms with Crippen LogP contribution >= 0.6 is 24.0 Å². The molecule has 0 radical (unpaired) electrons. The average Bonchev–Trinajstić information content (AvgIpc) is 3.24. The van der Waals surface area contributed by atoms with Gasteiger partial charge in [0.05, 0.1) is 12.8 Å².